The molecule has 0 saturated carbocycles. The van der Waals surface area contributed by atoms with Crippen molar-refractivity contribution < 1.29 is 74.6 Å². The normalized spacial score (nSPS) is 16.0. The molecule has 0 aliphatic rings. The zero-order chi connectivity index (χ0) is 26.1. The fourth-order valence-electron chi connectivity index (χ4n) is 1.89. The summed E-state index contributed by atoms with van der Waals surface area (Å²) in [7, 11) is 0. The summed E-state index contributed by atoms with van der Waals surface area (Å²) in [6.07, 6.45) is -7.77. The Kier molecular flexibility index (Phi) is 7.14. The summed E-state index contributed by atoms with van der Waals surface area (Å²) in [5, 5.41) is 0. The number of hydrogen-bond donors (Lipinski definition) is 0. The molecular formula is C12HBr2F17S. The minimum atomic E-state index is -8.63. The second-order valence-electron chi connectivity index (χ2n) is 5.76. The zero-order valence-electron chi connectivity index (χ0n) is 13.7. The quantitative estimate of drug-likeness (QED) is 0.257. The van der Waals surface area contributed by atoms with Crippen LogP contribution in [-0.4, -0.2) is 41.7 Å². The first kappa shape index (κ1) is 29.5. The van der Waals surface area contributed by atoms with Gasteiger partial charge in [0.2, 0.25) is 0 Å². The molecule has 0 spiro atoms. The average molecular weight is 660 g/mol. The molecule has 1 rings (SSSR count). The van der Waals surface area contributed by atoms with Gasteiger partial charge in [-0.15, -0.1) is 11.3 Å². The van der Waals surface area contributed by atoms with Gasteiger partial charge in [0.1, 0.15) is 0 Å². The third kappa shape index (κ3) is 3.69. The Bertz CT molecular complexity index is 852. The number of hydrogen-bond acceptors (Lipinski definition) is 1. The van der Waals surface area contributed by atoms with Crippen LogP contribution in [0, 0.1) is 0 Å². The SMILES string of the molecule is FC(F)(F)C(F)(F)C(F)(F)C(F)(F)C(F)(F)C(F)(F)C(F)(F)C(F)(F)c1cc(Br)sc1Br. The Balaban J connectivity index is 3.74. The second-order valence-corrected chi connectivity index (χ2v) is 9.51. The van der Waals surface area contributed by atoms with E-state index in [0.29, 0.717) is 0 Å². The highest BCUT2D eigenvalue weighted by atomic mass is 79.9. The monoisotopic (exact) mass is 658 g/mol. The fourth-order valence-corrected chi connectivity index (χ4v) is 4.79. The maximum absolute atomic E-state index is 14.0. The number of alkyl halides is 17. The van der Waals surface area contributed by atoms with E-state index in [4.69, 9.17) is 0 Å². The number of halogens is 19. The maximum atomic E-state index is 14.0. The highest BCUT2D eigenvalue weighted by molar-refractivity contribution is 9.12. The first-order chi connectivity index (χ1) is 13.7. The molecule has 1 heterocycles. The van der Waals surface area contributed by atoms with Crippen molar-refractivity contribution in [3.8, 4) is 0 Å². The highest BCUT2D eigenvalue weighted by Crippen LogP contribution is 2.65. The van der Waals surface area contributed by atoms with Gasteiger partial charge in [-0.05, 0) is 37.9 Å². The van der Waals surface area contributed by atoms with Crippen molar-refractivity contribution in [2.24, 2.45) is 0 Å². The third-order valence-corrected chi connectivity index (χ3v) is 6.06. The summed E-state index contributed by atoms with van der Waals surface area (Å²) < 4.78 is 222. The summed E-state index contributed by atoms with van der Waals surface area (Å²) in [4.78, 5) is 0. The lowest BCUT2D eigenvalue weighted by molar-refractivity contribution is -0.462. The predicted molar refractivity (Wildman–Crippen MR) is 79.4 cm³/mol. The van der Waals surface area contributed by atoms with E-state index in [9.17, 15) is 74.6 Å². The van der Waals surface area contributed by atoms with Crippen LogP contribution in [0.5, 0.6) is 0 Å². The van der Waals surface area contributed by atoms with E-state index in [2.05, 4.69) is 31.9 Å². The topological polar surface area (TPSA) is 0 Å². The zero-order valence-corrected chi connectivity index (χ0v) is 17.7. The Hall–Kier alpha value is -0.530. The molecule has 20 heteroatoms. The minimum absolute atomic E-state index is 0.0415. The van der Waals surface area contributed by atoms with Gasteiger partial charge in [0.25, 0.3) is 0 Å². The summed E-state index contributed by atoms with van der Waals surface area (Å²) in [5.74, 6) is -56.5. The van der Waals surface area contributed by atoms with Crippen LogP contribution in [0.4, 0.5) is 74.6 Å². The molecule has 0 saturated heterocycles. The lowest BCUT2D eigenvalue weighted by Gasteiger charge is -2.42. The first-order valence-electron chi connectivity index (χ1n) is 6.83. The van der Waals surface area contributed by atoms with E-state index in [1.165, 1.54) is 0 Å². The molecule has 0 aliphatic heterocycles. The van der Waals surface area contributed by atoms with Gasteiger partial charge < -0.3 is 0 Å². The largest absolute Gasteiger partial charge is 0.460 e. The van der Waals surface area contributed by atoms with Crippen LogP contribution in [-0.2, 0) is 5.92 Å². The smallest absolute Gasteiger partial charge is 0.194 e. The molecular weight excluding hydrogens is 659 g/mol. The molecule has 0 aliphatic carbocycles. The molecule has 0 atom stereocenters. The number of thiophene rings is 1. The van der Waals surface area contributed by atoms with Gasteiger partial charge in [-0.1, -0.05) is 0 Å². The molecule has 0 amide bonds. The van der Waals surface area contributed by atoms with Crippen LogP contribution in [0.25, 0.3) is 0 Å². The van der Waals surface area contributed by atoms with Crippen molar-refractivity contribution in [1.29, 1.82) is 0 Å². The van der Waals surface area contributed by atoms with E-state index in [-0.39, 0.29) is 17.4 Å². The summed E-state index contributed by atoms with van der Waals surface area (Å²) in [6.45, 7) is 0. The average Bonchev–Trinajstić information content (AvgIpc) is 2.91. The predicted octanol–water partition coefficient (Wildman–Crippen LogP) is 8.74. The number of rotatable bonds is 7. The van der Waals surface area contributed by atoms with E-state index in [1.54, 1.807) is 0 Å². The molecule has 1 aromatic rings. The van der Waals surface area contributed by atoms with E-state index in [0.717, 1.165) is 0 Å². The third-order valence-electron chi connectivity index (χ3n) is 3.72. The van der Waals surface area contributed by atoms with E-state index >= 15 is 0 Å². The van der Waals surface area contributed by atoms with Gasteiger partial charge in [-0.3, -0.25) is 0 Å². The summed E-state index contributed by atoms with van der Waals surface area (Å²) >= 11 is 4.57. The summed E-state index contributed by atoms with van der Waals surface area (Å²) in [5.41, 5.74) is -2.26. The minimum Gasteiger partial charge on any atom is -0.194 e. The molecule has 0 aromatic carbocycles. The lowest BCUT2D eigenvalue weighted by atomic mass is 9.88. The second kappa shape index (κ2) is 7.74. The molecule has 0 unspecified atom stereocenters. The summed E-state index contributed by atoms with van der Waals surface area (Å²) in [6, 6.07) is -0.0958. The van der Waals surface area contributed by atoms with Crippen LogP contribution in [0.2, 0.25) is 0 Å². The van der Waals surface area contributed by atoms with Crippen molar-refractivity contribution in [2.75, 3.05) is 0 Å². The van der Waals surface area contributed by atoms with Crippen molar-refractivity contribution in [3.05, 3.63) is 19.2 Å². The van der Waals surface area contributed by atoms with Crippen LogP contribution in [0.1, 0.15) is 5.56 Å². The Labute approximate surface area is 185 Å². The van der Waals surface area contributed by atoms with Crippen LogP contribution < -0.4 is 0 Å². The van der Waals surface area contributed by atoms with Crippen molar-refractivity contribution >= 4 is 43.2 Å². The van der Waals surface area contributed by atoms with Crippen molar-refractivity contribution in [3.63, 3.8) is 0 Å². The molecule has 32 heavy (non-hydrogen) atoms. The fraction of sp³-hybridized carbons (Fsp3) is 0.667. The van der Waals surface area contributed by atoms with Gasteiger partial charge >= 0.3 is 47.6 Å². The molecule has 0 fully saturated rings. The van der Waals surface area contributed by atoms with E-state index in [1.807, 2.05) is 0 Å². The van der Waals surface area contributed by atoms with Gasteiger partial charge in [-0.2, -0.15) is 74.6 Å². The Morgan fingerprint density at radius 1 is 0.500 bits per heavy atom. The van der Waals surface area contributed by atoms with Gasteiger partial charge in [-0.25, -0.2) is 0 Å². The van der Waals surface area contributed by atoms with Gasteiger partial charge in [0.15, 0.2) is 0 Å². The molecule has 0 N–H and O–H groups in total. The van der Waals surface area contributed by atoms with Gasteiger partial charge in [0, 0.05) is 0 Å². The van der Waals surface area contributed by atoms with Crippen LogP contribution in [0.15, 0.2) is 13.6 Å². The molecule has 0 nitrogen and oxygen atoms in total. The van der Waals surface area contributed by atoms with E-state index < -0.39 is 60.8 Å². The molecule has 0 bridgehead atoms. The molecule has 188 valence electrons. The molecule has 0 radical (unpaired) electrons. The Morgan fingerprint density at radius 3 is 1.09 bits per heavy atom. The van der Waals surface area contributed by atoms with Crippen LogP contribution in [0.3, 0.4) is 0 Å². The standard InChI is InChI=1S/C12HBr2F17S/c13-3-1-2(4(14)32-3)5(15,16)6(17,18)7(19,20)8(21,22)9(23,24)10(25,26)11(27,28)12(29,30)31/h1H. The van der Waals surface area contributed by atoms with Crippen molar-refractivity contribution in [2.45, 2.75) is 47.6 Å². The maximum Gasteiger partial charge on any atom is 0.460 e. The van der Waals surface area contributed by atoms with Crippen LogP contribution >= 0.6 is 43.2 Å². The lowest BCUT2D eigenvalue weighted by Crippen LogP contribution is -2.74. The highest BCUT2D eigenvalue weighted by Gasteiger charge is 2.95. The first-order valence-corrected chi connectivity index (χ1v) is 9.23. The van der Waals surface area contributed by atoms with Gasteiger partial charge in [0.05, 0.1) is 13.1 Å². The Morgan fingerprint density at radius 2 is 0.812 bits per heavy atom. The van der Waals surface area contributed by atoms with Crippen molar-refractivity contribution in [1.82, 2.24) is 0 Å². The molecule has 1 aromatic heterocycles.